The van der Waals surface area contributed by atoms with E-state index in [1.54, 1.807) is 6.92 Å². The summed E-state index contributed by atoms with van der Waals surface area (Å²) in [4.78, 5) is 24.5. The fourth-order valence-electron chi connectivity index (χ4n) is 2.15. The molecule has 0 saturated carbocycles. The van der Waals surface area contributed by atoms with Crippen LogP contribution in [0.3, 0.4) is 0 Å². The fraction of sp³-hybridized carbons (Fsp3) is 0.800. The second-order valence-electron chi connectivity index (χ2n) is 7.25. The second-order valence-corrected chi connectivity index (χ2v) is 7.25. The van der Waals surface area contributed by atoms with Gasteiger partial charge in [0.25, 0.3) is 0 Å². The molecule has 0 rings (SSSR count). The van der Waals surface area contributed by atoms with E-state index in [4.69, 9.17) is 9.47 Å². The van der Waals surface area contributed by atoms with Crippen molar-refractivity contribution in [1.82, 2.24) is 0 Å². The lowest BCUT2D eigenvalue weighted by molar-refractivity contribution is -0.143. The van der Waals surface area contributed by atoms with E-state index in [-0.39, 0.29) is 17.8 Å². The second kappa shape index (κ2) is 13.0. The number of hydrogen-bond donors (Lipinski definition) is 0. The summed E-state index contributed by atoms with van der Waals surface area (Å²) in [5.41, 5.74) is 0.862. The van der Waals surface area contributed by atoms with E-state index in [0.29, 0.717) is 30.8 Å². The number of carbonyl (C=O) groups excluding carboxylic acids is 2. The normalized spacial score (nSPS) is 12.3. The summed E-state index contributed by atoms with van der Waals surface area (Å²) in [6.45, 7) is 12.5. The number of hydrogen-bond acceptors (Lipinski definition) is 4. The fourth-order valence-corrected chi connectivity index (χ4v) is 2.15. The molecule has 0 atom stereocenters. The van der Waals surface area contributed by atoms with Crippen LogP contribution in [0.2, 0.25) is 0 Å². The highest BCUT2D eigenvalue weighted by molar-refractivity contribution is 5.99. The van der Waals surface area contributed by atoms with Crippen LogP contribution < -0.4 is 0 Å². The monoisotopic (exact) mass is 340 g/mol. The van der Waals surface area contributed by atoms with Gasteiger partial charge >= 0.3 is 11.9 Å². The van der Waals surface area contributed by atoms with Crippen LogP contribution in [0.15, 0.2) is 11.1 Å². The maximum absolute atomic E-state index is 12.4. The van der Waals surface area contributed by atoms with Crippen molar-refractivity contribution >= 4 is 11.9 Å². The molecule has 24 heavy (non-hydrogen) atoms. The predicted octanol–water partition coefficient (Wildman–Crippen LogP) is 5.06. The van der Waals surface area contributed by atoms with Gasteiger partial charge in [0.15, 0.2) is 0 Å². The molecule has 0 aliphatic carbocycles. The van der Waals surface area contributed by atoms with E-state index < -0.39 is 5.97 Å². The summed E-state index contributed by atoms with van der Waals surface area (Å²) < 4.78 is 10.6. The predicted molar refractivity (Wildman–Crippen MR) is 97.7 cm³/mol. The molecule has 140 valence electrons. The Bertz CT molecular complexity index is 408. The minimum absolute atomic E-state index is 0.270. The standard InChI is InChI=1S/C20H36O4/c1-7-8-9-10-11-12-18(20(22)24-14-16(4)5)17(6)19(21)23-13-15(2)3/h15-16H,7-14H2,1-6H3. The molecule has 0 unspecified atom stereocenters. The van der Waals surface area contributed by atoms with Crippen molar-refractivity contribution in [3.05, 3.63) is 11.1 Å². The number of unbranched alkanes of at least 4 members (excludes halogenated alkanes) is 4. The summed E-state index contributed by atoms with van der Waals surface area (Å²) in [6.07, 6.45) is 6.06. The zero-order valence-electron chi connectivity index (χ0n) is 16.4. The van der Waals surface area contributed by atoms with Crippen LogP contribution in [-0.4, -0.2) is 25.2 Å². The van der Waals surface area contributed by atoms with Gasteiger partial charge in [-0.15, -0.1) is 0 Å². The molecule has 4 nitrogen and oxygen atoms in total. The molecule has 0 N–H and O–H groups in total. The smallest absolute Gasteiger partial charge is 0.334 e. The van der Waals surface area contributed by atoms with Gasteiger partial charge in [0.1, 0.15) is 0 Å². The van der Waals surface area contributed by atoms with Crippen molar-refractivity contribution in [2.75, 3.05) is 13.2 Å². The van der Waals surface area contributed by atoms with E-state index in [0.717, 1.165) is 19.3 Å². The van der Waals surface area contributed by atoms with Gasteiger partial charge in [0.05, 0.1) is 13.2 Å². The Labute approximate surface area is 148 Å². The summed E-state index contributed by atoms with van der Waals surface area (Å²) >= 11 is 0. The maximum atomic E-state index is 12.4. The molecular formula is C20H36O4. The third-order valence-corrected chi connectivity index (χ3v) is 3.63. The zero-order valence-corrected chi connectivity index (χ0v) is 16.4. The largest absolute Gasteiger partial charge is 0.462 e. The molecule has 0 amide bonds. The Balaban J connectivity index is 4.88. The first kappa shape index (κ1) is 22.7. The molecule has 0 aromatic heterocycles. The van der Waals surface area contributed by atoms with Crippen molar-refractivity contribution in [3.63, 3.8) is 0 Å². The molecule has 0 fully saturated rings. The number of carbonyl (C=O) groups is 2. The number of esters is 2. The highest BCUT2D eigenvalue weighted by atomic mass is 16.5. The van der Waals surface area contributed by atoms with Gasteiger partial charge in [-0.25, -0.2) is 9.59 Å². The van der Waals surface area contributed by atoms with E-state index in [9.17, 15) is 9.59 Å². The lowest BCUT2D eigenvalue weighted by Gasteiger charge is -2.14. The van der Waals surface area contributed by atoms with Gasteiger partial charge in [-0.1, -0.05) is 60.3 Å². The van der Waals surface area contributed by atoms with Gasteiger partial charge in [0.2, 0.25) is 0 Å². The molecule has 0 bridgehead atoms. The Kier molecular flexibility index (Phi) is 12.3. The maximum Gasteiger partial charge on any atom is 0.334 e. The van der Waals surface area contributed by atoms with Crippen molar-refractivity contribution in [3.8, 4) is 0 Å². The van der Waals surface area contributed by atoms with Crippen LogP contribution in [0, 0.1) is 11.8 Å². The Morgan fingerprint density at radius 2 is 1.29 bits per heavy atom. The van der Waals surface area contributed by atoms with Gasteiger partial charge in [0, 0.05) is 11.1 Å². The lowest BCUT2D eigenvalue weighted by atomic mass is 10.0. The van der Waals surface area contributed by atoms with E-state index in [1.165, 1.54) is 12.8 Å². The minimum atomic E-state index is -0.409. The first-order chi connectivity index (χ1) is 11.3. The van der Waals surface area contributed by atoms with Gasteiger partial charge in [-0.3, -0.25) is 0 Å². The van der Waals surface area contributed by atoms with Crippen LogP contribution >= 0.6 is 0 Å². The molecule has 0 spiro atoms. The van der Waals surface area contributed by atoms with E-state index in [1.807, 2.05) is 27.7 Å². The highest BCUT2D eigenvalue weighted by Crippen LogP contribution is 2.18. The lowest BCUT2D eigenvalue weighted by Crippen LogP contribution is -2.18. The van der Waals surface area contributed by atoms with Crippen molar-refractivity contribution in [2.24, 2.45) is 11.8 Å². The molecule has 0 aliphatic rings. The molecule has 4 heteroatoms. The highest BCUT2D eigenvalue weighted by Gasteiger charge is 2.20. The van der Waals surface area contributed by atoms with Crippen LogP contribution in [0.4, 0.5) is 0 Å². The van der Waals surface area contributed by atoms with Gasteiger partial charge < -0.3 is 9.47 Å². The molecule has 0 aliphatic heterocycles. The van der Waals surface area contributed by atoms with Crippen LogP contribution in [-0.2, 0) is 19.1 Å². The topological polar surface area (TPSA) is 52.6 Å². The number of rotatable bonds is 12. The average Bonchev–Trinajstić information content (AvgIpc) is 2.53. The first-order valence-corrected chi connectivity index (χ1v) is 9.33. The summed E-state index contributed by atoms with van der Waals surface area (Å²) in [7, 11) is 0. The molecular weight excluding hydrogens is 304 g/mol. The molecule has 0 saturated heterocycles. The third-order valence-electron chi connectivity index (χ3n) is 3.63. The Morgan fingerprint density at radius 3 is 1.79 bits per heavy atom. The molecule has 0 aromatic carbocycles. The Hall–Kier alpha value is -1.32. The van der Waals surface area contributed by atoms with E-state index in [2.05, 4.69) is 6.92 Å². The third kappa shape index (κ3) is 10.5. The summed E-state index contributed by atoms with van der Waals surface area (Å²) in [5.74, 6) is -0.243. The summed E-state index contributed by atoms with van der Waals surface area (Å²) in [5, 5.41) is 0. The SMILES string of the molecule is CCCCCCCC(C(=O)OCC(C)C)=C(C)C(=O)OCC(C)C. The van der Waals surface area contributed by atoms with Crippen LogP contribution in [0.5, 0.6) is 0 Å². The van der Waals surface area contributed by atoms with Crippen molar-refractivity contribution in [1.29, 1.82) is 0 Å². The van der Waals surface area contributed by atoms with E-state index >= 15 is 0 Å². The van der Waals surface area contributed by atoms with Crippen molar-refractivity contribution in [2.45, 2.75) is 80.1 Å². The van der Waals surface area contributed by atoms with Crippen molar-refractivity contribution < 1.29 is 19.1 Å². The van der Waals surface area contributed by atoms with Crippen LogP contribution in [0.1, 0.15) is 80.1 Å². The van der Waals surface area contributed by atoms with Gasteiger partial charge in [-0.05, 0) is 31.6 Å². The summed E-state index contributed by atoms with van der Waals surface area (Å²) in [6, 6.07) is 0. The quantitative estimate of drug-likeness (QED) is 0.283. The molecule has 0 heterocycles. The number of ether oxygens (including phenoxy) is 2. The molecule has 0 aromatic rings. The first-order valence-electron chi connectivity index (χ1n) is 9.33. The molecule has 0 radical (unpaired) electrons. The Morgan fingerprint density at radius 1 is 0.792 bits per heavy atom. The van der Waals surface area contributed by atoms with Gasteiger partial charge in [-0.2, -0.15) is 0 Å². The zero-order chi connectivity index (χ0) is 18.5. The average molecular weight is 341 g/mol. The van der Waals surface area contributed by atoms with Crippen LogP contribution in [0.25, 0.3) is 0 Å². The minimum Gasteiger partial charge on any atom is -0.462 e.